The number of rotatable bonds is 3. The van der Waals surface area contributed by atoms with Crippen molar-refractivity contribution >= 4 is 0 Å². The summed E-state index contributed by atoms with van der Waals surface area (Å²) in [7, 11) is 0. The third-order valence-corrected chi connectivity index (χ3v) is 1.70. The van der Waals surface area contributed by atoms with Crippen molar-refractivity contribution < 1.29 is 4.74 Å². The fraction of sp³-hybridized carbons (Fsp3) is 1.00. The first-order valence-electron chi connectivity index (χ1n) is 5.22. The lowest BCUT2D eigenvalue weighted by molar-refractivity contribution is -0.000957. The Hall–Kier alpha value is -0.0400. The Bertz CT molecular complexity index is 136. The molecule has 0 spiro atoms. The molecule has 0 aliphatic rings. The molecule has 0 saturated heterocycles. The fourth-order valence-electron chi connectivity index (χ4n) is 1.31. The Kier molecular flexibility index (Phi) is 4.44. The molecule has 0 aromatic carbocycles. The van der Waals surface area contributed by atoms with Gasteiger partial charge in [-0.15, -0.1) is 0 Å². The van der Waals surface area contributed by atoms with E-state index in [1.165, 1.54) is 0 Å². The molecular weight excluding hydrogens is 160 g/mol. The van der Waals surface area contributed by atoms with Crippen molar-refractivity contribution in [1.29, 1.82) is 0 Å². The van der Waals surface area contributed by atoms with Crippen LogP contribution in [0.1, 0.15) is 54.9 Å². The first kappa shape index (κ1) is 13.0. The Morgan fingerprint density at radius 2 is 1.38 bits per heavy atom. The van der Waals surface area contributed by atoms with Crippen molar-refractivity contribution in [2.24, 2.45) is 10.8 Å². The van der Waals surface area contributed by atoms with Crippen molar-refractivity contribution in [1.82, 2.24) is 0 Å². The molecule has 0 amide bonds. The van der Waals surface area contributed by atoms with Gasteiger partial charge in [-0.2, -0.15) is 0 Å². The molecule has 13 heavy (non-hydrogen) atoms. The molecule has 0 radical (unpaired) electrons. The molecule has 0 N–H and O–H groups in total. The van der Waals surface area contributed by atoms with Gasteiger partial charge < -0.3 is 4.74 Å². The summed E-state index contributed by atoms with van der Waals surface area (Å²) in [4.78, 5) is 0. The van der Waals surface area contributed by atoms with Crippen LogP contribution in [0.4, 0.5) is 0 Å². The van der Waals surface area contributed by atoms with Gasteiger partial charge in [-0.3, -0.25) is 0 Å². The van der Waals surface area contributed by atoms with E-state index in [1.54, 1.807) is 0 Å². The zero-order valence-electron chi connectivity index (χ0n) is 10.4. The highest BCUT2D eigenvalue weighted by atomic mass is 16.5. The van der Waals surface area contributed by atoms with E-state index >= 15 is 0 Å². The highest BCUT2D eigenvalue weighted by Gasteiger charge is 2.18. The van der Waals surface area contributed by atoms with Crippen molar-refractivity contribution in [2.45, 2.75) is 61.0 Å². The standard InChI is InChI=1S/C12H26O/c1-10(8-11(2,3)4)13-9-12(5,6)7/h10H,8-9H2,1-7H3. The molecule has 0 bridgehead atoms. The van der Waals surface area contributed by atoms with Crippen LogP contribution in [0.3, 0.4) is 0 Å². The van der Waals surface area contributed by atoms with Crippen LogP contribution in [0.15, 0.2) is 0 Å². The fourth-order valence-corrected chi connectivity index (χ4v) is 1.31. The van der Waals surface area contributed by atoms with Gasteiger partial charge in [-0.05, 0) is 24.2 Å². The van der Waals surface area contributed by atoms with Crippen LogP contribution in [0.5, 0.6) is 0 Å². The van der Waals surface area contributed by atoms with Crippen LogP contribution < -0.4 is 0 Å². The third-order valence-electron chi connectivity index (χ3n) is 1.70. The SMILES string of the molecule is CC(CC(C)(C)C)OCC(C)(C)C. The summed E-state index contributed by atoms with van der Waals surface area (Å²) in [5.74, 6) is 0. The van der Waals surface area contributed by atoms with Crippen LogP contribution in [-0.4, -0.2) is 12.7 Å². The number of ether oxygens (including phenoxy) is 1. The van der Waals surface area contributed by atoms with E-state index in [1.807, 2.05) is 0 Å². The van der Waals surface area contributed by atoms with Crippen LogP contribution in [0, 0.1) is 10.8 Å². The average Bonchev–Trinajstić information content (AvgIpc) is 1.78. The molecule has 0 aliphatic carbocycles. The minimum atomic E-state index is 0.284. The lowest BCUT2D eigenvalue weighted by Crippen LogP contribution is -2.23. The molecule has 0 aromatic heterocycles. The molecule has 0 heterocycles. The van der Waals surface area contributed by atoms with Crippen LogP contribution >= 0.6 is 0 Å². The first-order chi connectivity index (χ1) is 5.60. The van der Waals surface area contributed by atoms with E-state index in [0.29, 0.717) is 11.5 Å². The lowest BCUT2D eigenvalue weighted by atomic mass is 9.89. The van der Waals surface area contributed by atoms with Gasteiger partial charge in [0, 0.05) is 0 Å². The van der Waals surface area contributed by atoms with E-state index < -0.39 is 0 Å². The van der Waals surface area contributed by atoms with Crippen LogP contribution in [-0.2, 0) is 4.74 Å². The van der Waals surface area contributed by atoms with Crippen LogP contribution in [0.2, 0.25) is 0 Å². The van der Waals surface area contributed by atoms with Crippen molar-refractivity contribution in [3.63, 3.8) is 0 Å². The maximum atomic E-state index is 5.78. The highest BCUT2D eigenvalue weighted by molar-refractivity contribution is 4.67. The Morgan fingerprint density at radius 3 is 1.69 bits per heavy atom. The predicted molar refractivity (Wildman–Crippen MR) is 58.9 cm³/mol. The molecule has 0 rings (SSSR count). The van der Waals surface area contributed by atoms with Crippen LogP contribution in [0.25, 0.3) is 0 Å². The molecule has 0 saturated carbocycles. The highest BCUT2D eigenvalue weighted by Crippen LogP contribution is 2.23. The van der Waals surface area contributed by atoms with Crippen molar-refractivity contribution in [3.05, 3.63) is 0 Å². The topological polar surface area (TPSA) is 9.23 Å². The quantitative estimate of drug-likeness (QED) is 0.650. The second kappa shape index (κ2) is 4.45. The van der Waals surface area contributed by atoms with Gasteiger partial charge in [0.05, 0.1) is 12.7 Å². The monoisotopic (exact) mass is 186 g/mol. The molecule has 1 heteroatoms. The predicted octanol–water partition coefficient (Wildman–Crippen LogP) is 3.87. The summed E-state index contributed by atoms with van der Waals surface area (Å²) in [6, 6.07) is 0. The molecule has 0 aliphatic heterocycles. The largest absolute Gasteiger partial charge is 0.378 e. The molecular formula is C12H26O. The van der Waals surface area contributed by atoms with Gasteiger partial charge in [-0.1, -0.05) is 41.5 Å². The molecule has 0 aromatic rings. The minimum Gasteiger partial charge on any atom is -0.378 e. The summed E-state index contributed by atoms with van der Waals surface area (Å²) < 4.78 is 5.78. The average molecular weight is 186 g/mol. The van der Waals surface area contributed by atoms with E-state index in [9.17, 15) is 0 Å². The first-order valence-corrected chi connectivity index (χ1v) is 5.22. The van der Waals surface area contributed by atoms with E-state index in [-0.39, 0.29) is 5.41 Å². The zero-order chi connectivity index (χ0) is 10.7. The van der Waals surface area contributed by atoms with Gasteiger partial charge in [0.15, 0.2) is 0 Å². The van der Waals surface area contributed by atoms with Gasteiger partial charge in [0.2, 0.25) is 0 Å². The van der Waals surface area contributed by atoms with Crippen molar-refractivity contribution in [3.8, 4) is 0 Å². The lowest BCUT2D eigenvalue weighted by Gasteiger charge is -2.26. The van der Waals surface area contributed by atoms with Crippen molar-refractivity contribution in [2.75, 3.05) is 6.61 Å². The number of hydrogen-bond acceptors (Lipinski definition) is 1. The Balaban J connectivity index is 3.70. The molecule has 0 fully saturated rings. The maximum absolute atomic E-state index is 5.78. The summed E-state index contributed by atoms with van der Waals surface area (Å²) in [5, 5.41) is 0. The van der Waals surface area contributed by atoms with Gasteiger partial charge >= 0.3 is 0 Å². The maximum Gasteiger partial charge on any atom is 0.0552 e. The molecule has 1 nitrogen and oxygen atoms in total. The number of hydrogen-bond donors (Lipinski definition) is 0. The Morgan fingerprint density at radius 1 is 0.923 bits per heavy atom. The van der Waals surface area contributed by atoms with Gasteiger partial charge in [0.1, 0.15) is 0 Å². The summed E-state index contributed by atoms with van der Waals surface area (Å²) in [6.45, 7) is 16.4. The van der Waals surface area contributed by atoms with E-state index in [0.717, 1.165) is 13.0 Å². The summed E-state index contributed by atoms with van der Waals surface area (Å²) in [6.07, 6.45) is 1.50. The third kappa shape index (κ3) is 9.88. The normalized spacial score (nSPS) is 15.9. The van der Waals surface area contributed by atoms with E-state index in [2.05, 4.69) is 48.5 Å². The minimum absolute atomic E-state index is 0.284. The molecule has 1 atom stereocenters. The molecule has 1 unspecified atom stereocenters. The Labute approximate surface area is 83.9 Å². The second-order valence-corrected chi connectivity index (χ2v) is 6.45. The smallest absolute Gasteiger partial charge is 0.0552 e. The zero-order valence-corrected chi connectivity index (χ0v) is 10.4. The molecule has 80 valence electrons. The summed E-state index contributed by atoms with van der Waals surface area (Å²) in [5.41, 5.74) is 0.656. The van der Waals surface area contributed by atoms with Gasteiger partial charge in [-0.25, -0.2) is 0 Å². The second-order valence-electron chi connectivity index (χ2n) is 6.45. The summed E-state index contributed by atoms with van der Waals surface area (Å²) >= 11 is 0. The van der Waals surface area contributed by atoms with Gasteiger partial charge in [0.25, 0.3) is 0 Å². The van der Waals surface area contributed by atoms with E-state index in [4.69, 9.17) is 4.74 Å².